The lowest BCUT2D eigenvalue weighted by atomic mass is 9.85. The van der Waals surface area contributed by atoms with Gasteiger partial charge in [0.2, 0.25) is 0 Å². The number of benzene rings is 2. The highest BCUT2D eigenvalue weighted by Gasteiger charge is 2.22. The van der Waals surface area contributed by atoms with Crippen LogP contribution >= 0.6 is 23.9 Å². The third kappa shape index (κ3) is 5.30. The van der Waals surface area contributed by atoms with Crippen LogP contribution < -0.4 is 9.44 Å². The summed E-state index contributed by atoms with van der Waals surface area (Å²) in [6.07, 6.45) is 7.98. The van der Waals surface area contributed by atoms with E-state index in [-0.39, 0.29) is 11.3 Å². The van der Waals surface area contributed by atoms with E-state index in [1.807, 2.05) is 30.5 Å². The van der Waals surface area contributed by atoms with Crippen LogP contribution in [-0.2, 0) is 6.54 Å². The summed E-state index contributed by atoms with van der Waals surface area (Å²) in [6, 6.07) is 14.2. The van der Waals surface area contributed by atoms with Gasteiger partial charge in [0.15, 0.2) is 5.78 Å². The summed E-state index contributed by atoms with van der Waals surface area (Å²) in [5.74, 6) is 0.806. The lowest BCUT2D eigenvalue weighted by Crippen LogP contribution is -2.29. The lowest BCUT2D eigenvalue weighted by molar-refractivity contribution is 0.103. The monoisotopic (exact) mass is 453 g/mol. The number of hydrogen-bond acceptors (Lipinski definition) is 5. The maximum absolute atomic E-state index is 13.5. The van der Waals surface area contributed by atoms with Gasteiger partial charge in [-0.2, -0.15) is 0 Å². The standard InChI is InChI=1S/C25H31N3OS2/c1-25(2,3)27-31-20-10-6-9-18(13-20)24(29)22-16-28(15-17-7-5-8-17)23-14-19(26-30-4)11-12-21(22)23/h6,9-14,16-17,26-27H,5,7-8,15H2,1-4H3. The Kier molecular flexibility index (Phi) is 6.70. The average Bonchev–Trinajstić information content (AvgIpc) is 3.06. The smallest absolute Gasteiger partial charge is 0.195 e. The van der Waals surface area contributed by atoms with Gasteiger partial charge in [0.1, 0.15) is 0 Å². The van der Waals surface area contributed by atoms with E-state index in [2.05, 4.69) is 59.2 Å². The molecule has 1 aliphatic rings. The Labute approximate surface area is 193 Å². The zero-order valence-corrected chi connectivity index (χ0v) is 20.3. The first kappa shape index (κ1) is 22.3. The molecule has 4 rings (SSSR count). The van der Waals surface area contributed by atoms with Gasteiger partial charge < -0.3 is 9.29 Å². The molecule has 4 nitrogen and oxygen atoms in total. The molecular weight excluding hydrogens is 422 g/mol. The summed E-state index contributed by atoms with van der Waals surface area (Å²) >= 11 is 3.15. The largest absolute Gasteiger partial charge is 0.346 e. The number of rotatable bonds is 8. The Morgan fingerprint density at radius 3 is 2.65 bits per heavy atom. The van der Waals surface area contributed by atoms with Gasteiger partial charge in [-0.25, -0.2) is 0 Å². The summed E-state index contributed by atoms with van der Waals surface area (Å²) in [5.41, 5.74) is 3.72. The number of hydrogen-bond donors (Lipinski definition) is 2. The van der Waals surface area contributed by atoms with Crippen molar-refractivity contribution in [1.29, 1.82) is 0 Å². The van der Waals surface area contributed by atoms with Gasteiger partial charge in [0, 0.05) is 51.6 Å². The predicted octanol–water partition coefficient (Wildman–Crippen LogP) is 6.76. The summed E-state index contributed by atoms with van der Waals surface area (Å²) in [7, 11) is 0. The van der Waals surface area contributed by atoms with Crippen molar-refractivity contribution < 1.29 is 4.79 Å². The molecule has 164 valence electrons. The number of anilines is 1. The molecule has 0 unspecified atom stereocenters. The number of ketones is 1. The van der Waals surface area contributed by atoms with E-state index in [1.54, 1.807) is 23.9 Å². The molecule has 1 aromatic heterocycles. The molecule has 0 saturated heterocycles. The highest BCUT2D eigenvalue weighted by molar-refractivity contribution is 7.99. The number of aromatic nitrogens is 1. The van der Waals surface area contributed by atoms with Crippen LogP contribution in [0.4, 0.5) is 5.69 Å². The van der Waals surface area contributed by atoms with Crippen molar-refractivity contribution in [3.05, 3.63) is 59.8 Å². The fraction of sp³-hybridized carbons (Fsp3) is 0.400. The zero-order valence-electron chi connectivity index (χ0n) is 18.7. The SMILES string of the molecule is CSNc1ccc2c(C(=O)c3cccc(SNC(C)(C)C)c3)cn(CC3CCC3)c2c1. The molecule has 31 heavy (non-hydrogen) atoms. The zero-order chi connectivity index (χ0) is 22.0. The van der Waals surface area contributed by atoms with Crippen molar-refractivity contribution in [2.24, 2.45) is 5.92 Å². The number of nitrogens with zero attached hydrogens (tertiary/aromatic N) is 1. The maximum Gasteiger partial charge on any atom is 0.195 e. The maximum atomic E-state index is 13.5. The topological polar surface area (TPSA) is 46.1 Å². The molecule has 0 spiro atoms. The molecule has 0 atom stereocenters. The van der Waals surface area contributed by atoms with Crippen LogP contribution in [0.25, 0.3) is 10.9 Å². The van der Waals surface area contributed by atoms with E-state index in [0.717, 1.165) is 45.1 Å². The molecule has 1 heterocycles. The molecule has 2 N–H and O–H groups in total. The molecule has 6 heteroatoms. The third-order valence-corrected chi connectivity index (χ3v) is 7.24. The number of fused-ring (bicyclic) bond motifs is 1. The average molecular weight is 454 g/mol. The molecule has 0 aliphatic heterocycles. The molecule has 0 bridgehead atoms. The molecule has 0 amide bonds. The molecule has 0 radical (unpaired) electrons. The highest BCUT2D eigenvalue weighted by atomic mass is 32.2. The van der Waals surface area contributed by atoms with Crippen molar-refractivity contribution in [2.45, 2.75) is 57.0 Å². The van der Waals surface area contributed by atoms with Gasteiger partial charge in [-0.3, -0.25) is 9.52 Å². The highest BCUT2D eigenvalue weighted by Crippen LogP contribution is 2.33. The van der Waals surface area contributed by atoms with Crippen molar-refractivity contribution in [3.8, 4) is 0 Å². The second-order valence-electron chi connectivity index (χ2n) is 9.34. The van der Waals surface area contributed by atoms with Crippen LogP contribution in [-0.4, -0.2) is 22.1 Å². The quantitative estimate of drug-likeness (QED) is 0.291. The van der Waals surface area contributed by atoms with Gasteiger partial charge in [0.25, 0.3) is 0 Å². The minimum absolute atomic E-state index is 0.00213. The first-order chi connectivity index (χ1) is 14.8. The first-order valence-corrected chi connectivity index (χ1v) is 12.9. The van der Waals surface area contributed by atoms with Crippen molar-refractivity contribution >= 4 is 46.3 Å². The fourth-order valence-electron chi connectivity index (χ4n) is 3.83. The van der Waals surface area contributed by atoms with Crippen LogP contribution in [0.15, 0.2) is 53.6 Å². The predicted molar refractivity (Wildman–Crippen MR) is 135 cm³/mol. The summed E-state index contributed by atoms with van der Waals surface area (Å²) in [5, 5.41) is 1.03. The van der Waals surface area contributed by atoms with Gasteiger partial charge in [-0.05, 0) is 75.7 Å². The normalized spacial score (nSPS) is 14.6. The minimum atomic E-state index is 0.00213. The minimum Gasteiger partial charge on any atom is -0.346 e. The van der Waals surface area contributed by atoms with Crippen LogP contribution in [0.1, 0.15) is 56.0 Å². The van der Waals surface area contributed by atoms with Crippen molar-refractivity contribution in [1.82, 2.24) is 9.29 Å². The van der Waals surface area contributed by atoms with Gasteiger partial charge >= 0.3 is 0 Å². The Bertz CT molecular complexity index is 1080. The molecule has 1 fully saturated rings. The fourth-order valence-corrected chi connectivity index (χ4v) is 4.95. The van der Waals surface area contributed by atoms with Crippen LogP contribution in [0.2, 0.25) is 0 Å². The first-order valence-electron chi connectivity index (χ1n) is 10.8. The summed E-state index contributed by atoms with van der Waals surface area (Å²) in [6.45, 7) is 7.38. The van der Waals surface area contributed by atoms with Crippen LogP contribution in [0.5, 0.6) is 0 Å². The molecule has 3 aromatic rings. The lowest BCUT2D eigenvalue weighted by Gasteiger charge is -2.26. The second kappa shape index (κ2) is 9.31. The van der Waals surface area contributed by atoms with E-state index >= 15 is 0 Å². The van der Waals surface area contributed by atoms with E-state index < -0.39 is 0 Å². The van der Waals surface area contributed by atoms with Crippen molar-refractivity contribution in [2.75, 3.05) is 11.0 Å². The van der Waals surface area contributed by atoms with E-state index in [4.69, 9.17) is 0 Å². The van der Waals surface area contributed by atoms with Gasteiger partial charge in [0.05, 0.1) is 5.52 Å². The van der Waals surface area contributed by atoms with Gasteiger partial charge in [-0.1, -0.05) is 36.6 Å². The number of nitrogens with one attached hydrogen (secondary N) is 2. The van der Waals surface area contributed by atoms with Crippen LogP contribution in [0, 0.1) is 5.92 Å². The van der Waals surface area contributed by atoms with Crippen LogP contribution in [0.3, 0.4) is 0 Å². The Morgan fingerprint density at radius 2 is 1.97 bits per heavy atom. The van der Waals surface area contributed by atoms with E-state index in [1.165, 1.54) is 19.3 Å². The number of carbonyl (C=O) groups excluding carboxylic acids is 1. The molecule has 2 aromatic carbocycles. The molecular formula is C25H31N3OS2. The second-order valence-corrected chi connectivity index (χ2v) is 10.8. The Balaban J connectivity index is 1.67. The Hall–Kier alpha value is -1.89. The van der Waals surface area contributed by atoms with E-state index in [0.29, 0.717) is 0 Å². The summed E-state index contributed by atoms with van der Waals surface area (Å²) < 4.78 is 9.03. The van der Waals surface area contributed by atoms with E-state index in [9.17, 15) is 4.79 Å². The van der Waals surface area contributed by atoms with Gasteiger partial charge in [-0.15, -0.1) is 0 Å². The Morgan fingerprint density at radius 1 is 1.16 bits per heavy atom. The number of carbonyl (C=O) groups is 1. The molecule has 1 aliphatic carbocycles. The summed E-state index contributed by atoms with van der Waals surface area (Å²) in [4.78, 5) is 14.6. The third-order valence-electron chi connectivity index (χ3n) is 5.60. The molecule has 1 saturated carbocycles. The van der Waals surface area contributed by atoms with Crippen molar-refractivity contribution in [3.63, 3.8) is 0 Å².